The van der Waals surface area contributed by atoms with Gasteiger partial charge < -0.3 is 0 Å². The Balaban J connectivity index is 1.73. The lowest BCUT2D eigenvalue weighted by Gasteiger charge is -2.10. The summed E-state index contributed by atoms with van der Waals surface area (Å²) in [7, 11) is -1.82. The van der Waals surface area contributed by atoms with Crippen LogP contribution in [-0.4, -0.2) is 11.7 Å². The molecule has 0 aliphatic heterocycles. The van der Waals surface area contributed by atoms with Crippen LogP contribution in [0.1, 0.15) is 70.3 Å². The summed E-state index contributed by atoms with van der Waals surface area (Å²) in [6.45, 7) is 8.01. The van der Waals surface area contributed by atoms with Gasteiger partial charge in [-0.3, -0.25) is 0 Å². The first-order valence-electron chi connectivity index (χ1n) is 10.0. The van der Waals surface area contributed by atoms with Crippen LogP contribution in [0.2, 0.25) is 0 Å². The lowest BCUT2D eigenvalue weighted by molar-refractivity contribution is 0.107. The highest BCUT2D eigenvalue weighted by Crippen LogP contribution is 2.33. The van der Waals surface area contributed by atoms with E-state index in [-0.39, 0.29) is 5.52 Å². The van der Waals surface area contributed by atoms with Gasteiger partial charge in [0.1, 0.15) is 0 Å². The molecular weight excluding hydrogens is 351 g/mol. The van der Waals surface area contributed by atoms with Crippen molar-refractivity contribution in [2.24, 2.45) is 0 Å². The van der Waals surface area contributed by atoms with Crippen LogP contribution in [0.3, 0.4) is 0 Å². The van der Waals surface area contributed by atoms with Crippen LogP contribution in [0.15, 0.2) is 36.4 Å². The van der Waals surface area contributed by atoms with Crippen molar-refractivity contribution in [3.05, 3.63) is 69.8 Å². The molecule has 0 radical (unpaired) electrons. The van der Waals surface area contributed by atoms with Crippen molar-refractivity contribution >= 4 is 13.3 Å². The molecule has 1 atom stereocenters. The molecule has 0 amide bonds. The minimum absolute atomic E-state index is 0.160. The topological polar surface area (TPSA) is 34.1 Å². The quantitative estimate of drug-likeness (QED) is 0.324. The van der Waals surface area contributed by atoms with Gasteiger partial charge >= 0.3 is 13.3 Å². The smallest absolute Gasteiger partial charge is 0.234 e. The molecule has 2 rings (SSSR count). The molecular formula is C24H32O2P+. The van der Waals surface area contributed by atoms with Gasteiger partial charge in [0.15, 0.2) is 6.16 Å². The lowest BCUT2D eigenvalue weighted by Crippen LogP contribution is -2.05. The van der Waals surface area contributed by atoms with Crippen LogP contribution >= 0.6 is 7.80 Å². The van der Waals surface area contributed by atoms with E-state index in [1.807, 2.05) is 32.9 Å². The Morgan fingerprint density at radius 3 is 2.15 bits per heavy atom. The largest absolute Gasteiger partial charge is 0.420 e. The fraction of sp³-hybridized carbons (Fsp3) is 0.458. The zero-order valence-electron chi connectivity index (χ0n) is 17.2. The maximum absolute atomic E-state index is 12.7. The van der Waals surface area contributed by atoms with Crippen LogP contribution < -0.4 is 0 Å². The van der Waals surface area contributed by atoms with Crippen LogP contribution in [-0.2, 0) is 11.0 Å². The second kappa shape index (κ2) is 10.5. The summed E-state index contributed by atoms with van der Waals surface area (Å²) in [5.41, 5.74) is 6.17. The number of rotatable bonds is 10. The van der Waals surface area contributed by atoms with Gasteiger partial charge in [-0.25, -0.2) is 4.79 Å². The molecule has 0 aliphatic rings. The fourth-order valence-corrected chi connectivity index (χ4v) is 4.91. The Kier molecular flexibility index (Phi) is 8.38. The van der Waals surface area contributed by atoms with Crippen molar-refractivity contribution in [2.45, 2.75) is 66.2 Å². The van der Waals surface area contributed by atoms with Crippen LogP contribution in [0.25, 0.3) is 0 Å². The number of unbranched alkanes of at least 4 members (excludes halogenated alkanes) is 4. The molecule has 0 heterocycles. The molecule has 2 nitrogen and oxygen atoms in total. The highest BCUT2D eigenvalue weighted by molar-refractivity contribution is 7.64. The van der Waals surface area contributed by atoms with E-state index in [1.54, 1.807) is 0 Å². The van der Waals surface area contributed by atoms with E-state index >= 15 is 0 Å². The monoisotopic (exact) mass is 383 g/mol. The highest BCUT2D eigenvalue weighted by Gasteiger charge is 2.32. The third kappa shape index (κ3) is 6.11. The molecule has 144 valence electrons. The molecule has 0 bridgehead atoms. The Morgan fingerprint density at radius 2 is 1.44 bits per heavy atom. The number of benzene rings is 2. The zero-order valence-corrected chi connectivity index (χ0v) is 18.1. The third-order valence-corrected chi connectivity index (χ3v) is 6.87. The van der Waals surface area contributed by atoms with Gasteiger partial charge in [0, 0.05) is 0 Å². The Hall–Kier alpha value is -1.79. The molecule has 0 spiro atoms. The summed E-state index contributed by atoms with van der Waals surface area (Å²) in [6, 6.07) is 12.6. The first-order chi connectivity index (χ1) is 12.9. The summed E-state index contributed by atoms with van der Waals surface area (Å²) in [5, 5.41) is 0. The second-order valence-electron chi connectivity index (χ2n) is 7.55. The van der Waals surface area contributed by atoms with Crippen molar-refractivity contribution in [1.29, 1.82) is 0 Å². The molecule has 2 aromatic rings. The summed E-state index contributed by atoms with van der Waals surface area (Å²) in [4.78, 5) is 12.7. The Labute approximate surface area is 165 Å². The molecule has 3 heteroatoms. The molecule has 27 heavy (non-hydrogen) atoms. The van der Waals surface area contributed by atoms with Gasteiger partial charge in [0.05, 0.1) is 5.56 Å². The maximum Gasteiger partial charge on any atom is 0.420 e. The summed E-state index contributed by atoms with van der Waals surface area (Å²) in [6.07, 6.45) is 7.08. The molecule has 0 fully saturated rings. The molecule has 0 N–H and O–H groups in total. The van der Waals surface area contributed by atoms with E-state index < -0.39 is 7.80 Å². The van der Waals surface area contributed by atoms with Gasteiger partial charge in [0.2, 0.25) is 0 Å². The van der Waals surface area contributed by atoms with Crippen LogP contribution in [0.4, 0.5) is 0 Å². The average Bonchev–Trinajstić information content (AvgIpc) is 2.66. The van der Waals surface area contributed by atoms with Crippen molar-refractivity contribution < 1.29 is 9.36 Å². The Bertz CT molecular complexity index is 794. The number of hydrogen-bond acceptors (Lipinski definition) is 2. The molecule has 0 aliphatic carbocycles. The average molecular weight is 383 g/mol. The van der Waals surface area contributed by atoms with Gasteiger partial charge in [-0.2, -0.15) is 0 Å². The first kappa shape index (κ1) is 21.5. The number of carbonyl (C=O) groups excluding carboxylic acids is 1. The summed E-state index contributed by atoms with van der Waals surface area (Å²) >= 11 is 0. The first-order valence-corrected chi connectivity index (χ1v) is 11.5. The van der Waals surface area contributed by atoms with E-state index in [1.165, 1.54) is 24.0 Å². The SMILES string of the molecule is Cc1cc(C)c(C(=O)[P+](=O)CCCCCCCc2ccccc2)c(C)c1C. The maximum atomic E-state index is 12.7. The van der Waals surface area contributed by atoms with E-state index in [9.17, 15) is 9.36 Å². The van der Waals surface area contributed by atoms with Gasteiger partial charge in [0.25, 0.3) is 0 Å². The van der Waals surface area contributed by atoms with E-state index in [0.717, 1.165) is 42.4 Å². The van der Waals surface area contributed by atoms with E-state index in [2.05, 4.69) is 31.2 Å². The molecule has 1 unspecified atom stereocenters. The van der Waals surface area contributed by atoms with Gasteiger partial charge in [-0.1, -0.05) is 53.8 Å². The van der Waals surface area contributed by atoms with E-state index in [0.29, 0.717) is 11.7 Å². The number of hydrogen-bond donors (Lipinski definition) is 0. The minimum atomic E-state index is -1.82. The van der Waals surface area contributed by atoms with Crippen molar-refractivity contribution in [2.75, 3.05) is 6.16 Å². The lowest BCUT2D eigenvalue weighted by atomic mass is 9.95. The van der Waals surface area contributed by atoms with E-state index in [4.69, 9.17) is 0 Å². The standard InChI is InChI=1S/C24H32O2P/c1-18-17-19(2)23(21(4)20(18)3)24(25)27(26)16-12-7-5-6-9-13-22-14-10-8-11-15-22/h8,10-11,14-15,17H,5-7,9,12-13,16H2,1-4H3/q+1. The molecule has 0 saturated carbocycles. The van der Waals surface area contributed by atoms with Crippen LogP contribution in [0, 0.1) is 27.7 Å². The summed E-state index contributed by atoms with van der Waals surface area (Å²) in [5.74, 6) is 0. The number of carbonyl (C=O) groups is 1. The normalized spacial score (nSPS) is 11.5. The summed E-state index contributed by atoms with van der Waals surface area (Å²) < 4.78 is 12.5. The van der Waals surface area contributed by atoms with Gasteiger partial charge in [-0.05, 0) is 81.2 Å². The van der Waals surface area contributed by atoms with Crippen molar-refractivity contribution in [3.63, 3.8) is 0 Å². The minimum Gasteiger partial charge on any atom is -0.234 e. The fourth-order valence-electron chi connectivity index (χ4n) is 3.60. The molecule has 0 aromatic heterocycles. The van der Waals surface area contributed by atoms with Crippen LogP contribution in [0.5, 0.6) is 0 Å². The highest BCUT2D eigenvalue weighted by atomic mass is 31.1. The predicted octanol–water partition coefficient (Wildman–Crippen LogP) is 7.08. The molecule has 0 saturated heterocycles. The zero-order chi connectivity index (χ0) is 19.8. The van der Waals surface area contributed by atoms with Gasteiger partial charge in [-0.15, -0.1) is 0 Å². The second-order valence-corrected chi connectivity index (χ2v) is 9.16. The van der Waals surface area contributed by atoms with Crippen molar-refractivity contribution in [3.8, 4) is 0 Å². The van der Waals surface area contributed by atoms with Crippen molar-refractivity contribution in [1.82, 2.24) is 0 Å². The third-order valence-electron chi connectivity index (χ3n) is 5.47. The Morgan fingerprint density at radius 1 is 0.815 bits per heavy atom. The molecule has 2 aromatic carbocycles. The predicted molar refractivity (Wildman–Crippen MR) is 115 cm³/mol. The number of aryl methyl sites for hydroxylation is 3.